The minimum Gasteiger partial charge on any atom is -0.491 e. The fourth-order valence-corrected chi connectivity index (χ4v) is 3.70. The quantitative estimate of drug-likeness (QED) is 0.876. The van der Waals surface area contributed by atoms with Crippen LogP contribution in [0.5, 0.6) is 5.75 Å². The average molecular weight is 318 g/mol. The Balaban J connectivity index is 1.52. The summed E-state index contributed by atoms with van der Waals surface area (Å²) in [5, 5.41) is 0. The number of hydrogen-bond acceptors (Lipinski definition) is 4. The van der Waals surface area contributed by atoms with Gasteiger partial charge in [0.2, 0.25) is 0 Å². The van der Waals surface area contributed by atoms with E-state index in [0.29, 0.717) is 12.6 Å². The zero-order valence-corrected chi connectivity index (χ0v) is 14.2. The van der Waals surface area contributed by atoms with E-state index in [1.807, 2.05) is 0 Å². The Morgan fingerprint density at radius 1 is 1.22 bits per heavy atom. The number of piperidine rings is 1. The van der Waals surface area contributed by atoms with Crippen LogP contribution in [0, 0.1) is 0 Å². The minimum atomic E-state index is 0.240. The molecule has 128 valence electrons. The van der Waals surface area contributed by atoms with E-state index in [9.17, 15) is 0 Å². The lowest BCUT2D eigenvalue weighted by Crippen LogP contribution is -2.48. The molecular formula is C19H30N2O2. The maximum absolute atomic E-state index is 6.16. The summed E-state index contributed by atoms with van der Waals surface area (Å²) in [6.45, 7) is 5.81. The van der Waals surface area contributed by atoms with E-state index in [1.54, 1.807) is 0 Å². The van der Waals surface area contributed by atoms with Crippen LogP contribution in [0.3, 0.4) is 0 Å². The first kappa shape index (κ1) is 16.7. The van der Waals surface area contributed by atoms with Crippen LogP contribution in [-0.2, 0) is 11.3 Å². The molecule has 23 heavy (non-hydrogen) atoms. The van der Waals surface area contributed by atoms with Gasteiger partial charge in [0.1, 0.15) is 12.4 Å². The fourth-order valence-electron chi connectivity index (χ4n) is 3.70. The van der Waals surface area contributed by atoms with Crippen molar-refractivity contribution < 1.29 is 9.47 Å². The Morgan fingerprint density at radius 3 is 2.74 bits per heavy atom. The number of hydrogen-bond donors (Lipinski definition) is 1. The molecule has 2 aliphatic heterocycles. The van der Waals surface area contributed by atoms with E-state index < -0.39 is 0 Å². The van der Waals surface area contributed by atoms with Gasteiger partial charge in [0.25, 0.3) is 0 Å². The van der Waals surface area contributed by atoms with E-state index in [-0.39, 0.29) is 12.1 Å². The Morgan fingerprint density at radius 2 is 2.04 bits per heavy atom. The molecule has 0 spiro atoms. The predicted octanol–water partition coefficient (Wildman–Crippen LogP) is 2.95. The van der Waals surface area contributed by atoms with Crippen LogP contribution in [0.4, 0.5) is 0 Å². The molecule has 4 heteroatoms. The molecule has 4 nitrogen and oxygen atoms in total. The molecule has 1 aromatic carbocycles. The molecule has 0 aromatic heterocycles. The summed E-state index contributed by atoms with van der Waals surface area (Å²) in [5.74, 6) is 0.937. The summed E-state index contributed by atoms with van der Waals surface area (Å²) in [6, 6.07) is 9.27. The van der Waals surface area contributed by atoms with Crippen molar-refractivity contribution in [1.82, 2.24) is 4.90 Å². The third-order valence-electron chi connectivity index (χ3n) is 5.04. The van der Waals surface area contributed by atoms with Crippen molar-refractivity contribution in [3.63, 3.8) is 0 Å². The van der Waals surface area contributed by atoms with Crippen LogP contribution in [0.2, 0.25) is 0 Å². The molecule has 3 atom stereocenters. The second kappa shape index (κ2) is 8.13. The van der Waals surface area contributed by atoms with E-state index in [4.69, 9.17) is 15.2 Å². The Labute approximate surface area is 139 Å². The van der Waals surface area contributed by atoms with Crippen molar-refractivity contribution in [2.45, 2.75) is 63.8 Å². The smallest absolute Gasteiger partial charge is 0.119 e. The average Bonchev–Trinajstić information content (AvgIpc) is 3.08. The molecule has 2 heterocycles. The standard InChI is InChI=1S/C19H30N2O2/c1-15(20)19-6-2-3-11-21(19)13-16-7-9-17(10-8-16)23-14-18-5-4-12-22-18/h7-10,15,18-19H,2-6,11-14,20H2,1H3. The van der Waals surface area contributed by atoms with Gasteiger partial charge in [-0.25, -0.2) is 0 Å². The van der Waals surface area contributed by atoms with Crippen molar-refractivity contribution in [1.29, 1.82) is 0 Å². The summed E-state index contributed by atoms with van der Waals surface area (Å²) < 4.78 is 11.4. The zero-order valence-electron chi connectivity index (χ0n) is 14.2. The monoisotopic (exact) mass is 318 g/mol. The molecule has 1 aromatic rings. The van der Waals surface area contributed by atoms with Gasteiger partial charge in [0, 0.05) is 25.2 Å². The van der Waals surface area contributed by atoms with Gasteiger partial charge in [-0.1, -0.05) is 18.6 Å². The maximum Gasteiger partial charge on any atom is 0.119 e. The van der Waals surface area contributed by atoms with Crippen LogP contribution in [-0.4, -0.2) is 42.8 Å². The molecule has 3 rings (SSSR count). The minimum absolute atomic E-state index is 0.240. The van der Waals surface area contributed by atoms with Gasteiger partial charge in [-0.05, 0) is 56.8 Å². The van der Waals surface area contributed by atoms with E-state index in [0.717, 1.165) is 38.3 Å². The third kappa shape index (κ3) is 4.69. The van der Waals surface area contributed by atoms with Crippen molar-refractivity contribution in [3.05, 3.63) is 29.8 Å². The van der Waals surface area contributed by atoms with Gasteiger partial charge in [-0.3, -0.25) is 4.90 Å². The highest BCUT2D eigenvalue weighted by Gasteiger charge is 2.25. The molecule has 0 aliphatic carbocycles. The van der Waals surface area contributed by atoms with Crippen LogP contribution in [0.25, 0.3) is 0 Å². The summed E-state index contributed by atoms with van der Waals surface area (Å²) in [4.78, 5) is 2.54. The van der Waals surface area contributed by atoms with E-state index in [2.05, 4.69) is 36.1 Å². The number of benzene rings is 1. The summed E-state index contributed by atoms with van der Waals surface area (Å²) >= 11 is 0. The molecule has 3 unspecified atom stereocenters. The highest BCUT2D eigenvalue weighted by Crippen LogP contribution is 2.23. The third-order valence-corrected chi connectivity index (χ3v) is 5.04. The van der Waals surface area contributed by atoms with Gasteiger partial charge in [-0.15, -0.1) is 0 Å². The molecular weight excluding hydrogens is 288 g/mol. The van der Waals surface area contributed by atoms with E-state index >= 15 is 0 Å². The van der Waals surface area contributed by atoms with Crippen LogP contribution in [0.15, 0.2) is 24.3 Å². The first-order valence-corrected chi connectivity index (χ1v) is 9.05. The molecule has 2 saturated heterocycles. The lowest BCUT2D eigenvalue weighted by Gasteiger charge is -2.38. The highest BCUT2D eigenvalue weighted by molar-refractivity contribution is 5.27. The fraction of sp³-hybridized carbons (Fsp3) is 0.684. The van der Waals surface area contributed by atoms with Crippen LogP contribution < -0.4 is 10.5 Å². The predicted molar refractivity (Wildman–Crippen MR) is 92.6 cm³/mol. The first-order valence-electron chi connectivity index (χ1n) is 9.05. The largest absolute Gasteiger partial charge is 0.491 e. The van der Waals surface area contributed by atoms with Crippen molar-refractivity contribution in [2.24, 2.45) is 5.73 Å². The summed E-state index contributed by atoms with van der Waals surface area (Å²) in [7, 11) is 0. The summed E-state index contributed by atoms with van der Waals surface area (Å²) in [6.07, 6.45) is 6.36. The summed E-state index contributed by atoms with van der Waals surface area (Å²) in [5.41, 5.74) is 7.50. The topological polar surface area (TPSA) is 47.7 Å². The molecule has 2 aliphatic rings. The van der Waals surface area contributed by atoms with Crippen molar-refractivity contribution in [2.75, 3.05) is 19.8 Å². The molecule has 2 fully saturated rings. The van der Waals surface area contributed by atoms with Gasteiger partial charge < -0.3 is 15.2 Å². The Hall–Kier alpha value is -1.10. The molecule has 0 radical (unpaired) electrons. The lowest BCUT2D eigenvalue weighted by molar-refractivity contribution is 0.0679. The van der Waals surface area contributed by atoms with Crippen LogP contribution >= 0.6 is 0 Å². The molecule has 0 bridgehead atoms. The molecule has 0 saturated carbocycles. The van der Waals surface area contributed by atoms with Gasteiger partial charge in [0.15, 0.2) is 0 Å². The normalized spacial score (nSPS) is 27.0. The maximum atomic E-state index is 6.16. The van der Waals surface area contributed by atoms with Gasteiger partial charge in [-0.2, -0.15) is 0 Å². The number of rotatable bonds is 6. The number of ether oxygens (including phenoxy) is 2. The zero-order chi connectivity index (χ0) is 16.1. The highest BCUT2D eigenvalue weighted by atomic mass is 16.5. The van der Waals surface area contributed by atoms with Gasteiger partial charge >= 0.3 is 0 Å². The van der Waals surface area contributed by atoms with Crippen molar-refractivity contribution >= 4 is 0 Å². The Kier molecular flexibility index (Phi) is 5.92. The molecule has 2 N–H and O–H groups in total. The van der Waals surface area contributed by atoms with E-state index in [1.165, 1.54) is 24.8 Å². The first-order chi connectivity index (χ1) is 11.2. The SMILES string of the molecule is CC(N)C1CCCCN1Cc1ccc(OCC2CCCO2)cc1. The van der Waals surface area contributed by atoms with Gasteiger partial charge in [0.05, 0.1) is 6.10 Å². The van der Waals surface area contributed by atoms with Crippen molar-refractivity contribution in [3.8, 4) is 5.75 Å². The second-order valence-electron chi connectivity index (χ2n) is 6.98. The number of likely N-dealkylation sites (tertiary alicyclic amines) is 1. The van der Waals surface area contributed by atoms with Crippen LogP contribution in [0.1, 0.15) is 44.6 Å². The number of nitrogens with zero attached hydrogens (tertiary/aromatic N) is 1. The number of nitrogens with two attached hydrogens (primary N) is 1. The Bertz CT molecular complexity index is 469. The second-order valence-corrected chi connectivity index (χ2v) is 6.98. The molecule has 0 amide bonds. The lowest BCUT2D eigenvalue weighted by atomic mass is 9.96.